The summed E-state index contributed by atoms with van der Waals surface area (Å²) in [7, 11) is 0. The maximum absolute atomic E-state index is 2.46. The molecule has 2 aromatic heterocycles. The van der Waals surface area contributed by atoms with E-state index < -0.39 is 0 Å². The van der Waals surface area contributed by atoms with Gasteiger partial charge in [0.2, 0.25) is 5.69 Å². The molecule has 37 heavy (non-hydrogen) atoms. The highest BCUT2D eigenvalue weighted by Gasteiger charge is 2.36. The topological polar surface area (TPSA) is 8.81 Å². The first-order chi connectivity index (χ1) is 18.0. The Balaban J connectivity index is 1.54. The van der Waals surface area contributed by atoms with Crippen molar-refractivity contribution in [1.82, 2.24) is 4.57 Å². The second kappa shape index (κ2) is 7.91. The van der Waals surface area contributed by atoms with Gasteiger partial charge >= 0.3 is 0 Å². The third kappa shape index (κ3) is 3.08. The third-order valence-electron chi connectivity index (χ3n) is 8.41. The van der Waals surface area contributed by atoms with Crippen molar-refractivity contribution < 1.29 is 4.57 Å². The van der Waals surface area contributed by atoms with Crippen LogP contribution in [0.1, 0.15) is 37.5 Å². The molecule has 0 amide bonds. The van der Waals surface area contributed by atoms with Crippen LogP contribution >= 0.6 is 0 Å². The first-order valence-electron chi connectivity index (χ1n) is 13.3. The van der Waals surface area contributed by atoms with Crippen LogP contribution in [0, 0.1) is 6.92 Å². The second-order valence-electron chi connectivity index (χ2n) is 10.8. The van der Waals surface area contributed by atoms with Gasteiger partial charge in [-0.3, -0.25) is 0 Å². The Labute approximate surface area is 218 Å². The molecule has 0 atom stereocenters. The fraction of sp³-hybridized carbons (Fsp3) is 0.171. The third-order valence-corrected chi connectivity index (χ3v) is 8.41. The lowest BCUT2D eigenvalue weighted by molar-refractivity contribution is -0.682. The molecule has 6 aromatic rings. The highest BCUT2D eigenvalue weighted by molar-refractivity contribution is 6.11. The maximum Gasteiger partial charge on any atom is 0.212 e. The normalized spacial score (nSPS) is 13.7. The van der Waals surface area contributed by atoms with Gasteiger partial charge in [-0.05, 0) is 78.1 Å². The Bertz CT molecular complexity index is 1850. The average Bonchev–Trinajstić information content (AvgIpc) is 3.37. The van der Waals surface area contributed by atoms with Crippen LogP contribution in [0.15, 0.2) is 103 Å². The van der Waals surface area contributed by atoms with E-state index in [0.29, 0.717) is 0 Å². The quantitative estimate of drug-likeness (QED) is 0.225. The molecule has 0 fully saturated rings. The van der Waals surface area contributed by atoms with Gasteiger partial charge in [0, 0.05) is 34.0 Å². The standard InChI is InChI=1S/C35H31N2/c1-5-36-19-11-10-15-32(36)27-20-24(18-17-23(27)2)37-33-16-9-7-13-26(33)29-21-28-25-12-6-8-14-30(25)35(3,4)31(28)22-34(29)37/h6-22H,5H2,1-4H3/q+1. The SMILES string of the molecule is CC[n+]1ccccc1-c1cc(-n2c3ccccc3c3cc4c(cc32)C(C)(C)c2ccccc2-4)ccc1C. The zero-order valence-corrected chi connectivity index (χ0v) is 21.9. The Morgan fingerprint density at radius 1 is 0.676 bits per heavy atom. The summed E-state index contributed by atoms with van der Waals surface area (Å²) in [4.78, 5) is 0. The van der Waals surface area contributed by atoms with Crippen molar-refractivity contribution in [2.45, 2.75) is 39.7 Å². The van der Waals surface area contributed by atoms with Gasteiger partial charge in [-0.1, -0.05) is 62.4 Å². The largest absolute Gasteiger partial charge is 0.309 e. The number of hydrogen-bond donors (Lipinski definition) is 0. The van der Waals surface area contributed by atoms with Crippen molar-refractivity contribution in [3.63, 3.8) is 0 Å². The number of benzene rings is 4. The van der Waals surface area contributed by atoms with E-state index in [0.717, 1.165) is 6.54 Å². The smallest absolute Gasteiger partial charge is 0.212 e. The van der Waals surface area contributed by atoms with Gasteiger partial charge in [-0.25, -0.2) is 0 Å². The van der Waals surface area contributed by atoms with Crippen LogP contribution in [0.4, 0.5) is 0 Å². The molecule has 0 N–H and O–H groups in total. The Morgan fingerprint density at radius 3 is 2.32 bits per heavy atom. The lowest BCUT2D eigenvalue weighted by Gasteiger charge is -2.21. The molecule has 0 saturated heterocycles. The molecule has 0 aliphatic heterocycles. The predicted molar refractivity (Wildman–Crippen MR) is 154 cm³/mol. The van der Waals surface area contributed by atoms with Gasteiger partial charge in [-0.15, -0.1) is 0 Å². The van der Waals surface area contributed by atoms with E-state index in [-0.39, 0.29) is 5.41 Å². The molecular formula is C35H31N2+. The molecule has 180 valence electrons. The van der Waals surface area contributed by atoms with Crippen molar-refractivity contribution >= 4 is 21.8 Å². The number of rotatable bonds is 3. The molecule has 0 radical (unpaired) electrons. The zero-order valence-electron chi connectivity index (χ0n) is 21.9. The highest BCUT2D eigenvalue weighted by Crippen LogP contribution is 2.50. The average molecular weight is 480 g/mol. The van der Waals surface area contributed by atoms with Crippen molar-refractivity contribution in [2.24, 2.45) is 0 Å². The molecule has 2 heteroatoms. The number of pyridine rings is 1. The second-order valence-corrected chi connectivity index (χ2v) is 10.8. The Morgan fingerprint density at radius 2 is 1.46 bits per heavy atom. The van der Waals surface area contributed by atoms with Crippen LogP contribution in [0.3, 0.4) is 0 Å². The molecule has 0 bridgehead atoms. The minimum absolute atomic E-state index is 0.0312. The first-order valence-corrected chi connectivity index (χ1v) is 13.3. The lowest BCUT2D eigenvalue weighted by atomic mass is 9.82. The molecule has 2 heterocycles. The van der Waals surface area contributed by atoms with E-state index >= 15 is 0 Å². The summed E-state index contributed by atoms with van der Waals surface area (Å²) < 4.78 is 4.79. The van der Waals surface area contributed by atoms with Gasteiger partial charge in [0.1, 0.15) is 6.54 Å². The minimum Gasteiger partial charge on any atom is -0.309 e. The lowest BCUT2D eigenvalue weighted by Crippen LogP contribution is -2.34. The summed E-state index contributed by atoms with van der Waals surface area (Å²) in [6, 6.07) is 36.0. The molecule has 0 saturated carbocycles. The van der Waals surface area contributed by atoms with Crippen LogP contribution in [-0.2, 0) is 12.0 Å². The molecule has 1 aliphatic carbocycles. The molecule has 1 aliphatic rings. The van der Waals surface area contributed by atoms with Crippen molar-refractivity contribution in [1.29, 1.82) is 0 Å². The number of aryl methyl sites for hydroxylation is 2. The Hall–Kier alpha value is -4.17. The molecular weight excluding hydrogens is 448 g/mol. The maximum atomic E-state index is 2.46. The summed E-state index contributed by atoms with van der Waals surface area (Å²) >= 11 is 0. The number of hydrogen-bond acceptors (Lipinski definition) is 0. The number of nitrogens with zero attached hydrogens (tertiary/aromatic N) is 2. The van der Waals surface area contributed by atoms with Crippen LogP contribution in [0.25, 0.3) is 49.9 Å². The summed E-state index contributed by atoms with van der Waals surface area (Å²) in [5.41, 5.74) is 13.1. The number of aromatic nitrogens is 2. The Kier molecular flexibility index (Phi) is 4.72. The van der Waals surface area contributed by atoms with Gasteiger partial charge < -0.3 is 4.57 Å². The molecule has 0 spiro atoms. The van der Waals surface area contributed by atoms with Crippen LogP contribution < -0.4 is 4.57 Å². The first kappa shape index (κ1) is 22.1. The van der Waals surface area contributed by atoms with Crippen molar-refractivity contribution in [3.8, 4) is 28.1 Å². The monoisotopic (exact) mass is 479 g/mol. The van der Waals surface area contributed by atoms with E-state index in [1.165, 1.54) is 66.6 Å². The number of fused-ring (bicyclic) bond motifs is 6. The molecule has 4 aromatic carbocycles. The molecule has 2 nitrogen and oxygen atoms in total. The van der Waals surface area contributed by atoms with Crippen LogP contribution in [-0.4, -0.2) is 4.57 Å². The van der Waals surface area contributed by atoms with Gasteiger partial charge in [0.15, 0.2) is 6.20 Å². The van der Waals surface area contributed by atoms with E-state index in [1.54, 1.807) is 0 Å². The number of para-hydroxylation sites is 1. The predicted octanol–water partition coefficient (Wildman–Crippen LogP) is 8.37. The van der Waals surface area contributed by atoms with Crippen LogP contribution in [0.5, 0.6) is 0 Å². The molecule has 0 unspecified atom stereocenters. The van der Waals surface area contributed by atoms with Gasteiger partial charge in [-0.2, -0.15) is 4.57 Å². The minimum atomic E-state index is -0.0312. The fourth-order valence-corrected chi connectivity index (χ4v) is 6.46. The van der Waals surface area contributed by atoms with E-state index in [4.69, 9.17) is 0 Å². The zero-order chi connectivity index (χ0) is 25.3. The summed E-state index contributed by atoms with van der Waals surface area (Å²) in [5.74, 6) is 0. The summed E-state index contributed by atoms with van der Waals surface area (Å²) in [6.07, 6.45) is 2.17. The fourth-order valence-electron chi connectivity index (χ4n) is 6.46. The van der Waals surface area contributed by atoms with Gasteiger partial charge in [0.25, 0.3) is 0 Å². The highest BCUT2D eigenvalue weighted by atomic mass is 15.0. The van der Waals surface area contributed by atoms with Crippen molar-refractivity contribution in [2.75, 3.05) is 0 Å². The van der Waals surface area contributed by atoms with Gasteiger partial charge in [0.05, 0.1) is 16.6 Å². The molecule has 7 rings (SSSR count). The van der Waals surface area contributed by atoms with Crippen LogP contribution in [0.2, 0.25) is 0 Å². The summed E-state index contributed by atoms with van der Waals surface area (Å²) in [5, 5.41) is 2.61. The van der Waals surface area contributed by atoms with Crippen molar-refractivity contribution in [3.05, 3.63) is 120 Å². The van der Waals surface area contributed by atoms with E-state index in [1.807, 2.05) is 0 Å². The van der Waals surface area contributed by atoms with E-state index in [9.17, 15) is 0 Å². The summed E-state index contributed by atoms with van der Waals surface area (Å²) in [6.45, 7) is 10.1. The van der Waals surface area contributed by atoms with E-state index in [2.05, 4.69) is 140 Å².